The summed E-state index contributed by atoms with van der Waals surface area (Å²) in [6, 6.07) is -0.00454. The van der Waals surface area contributed by atoms with Crippen LogP contribution in [0.3, 0.4) is 0 Å². The molecule has 0 aliphatic heterocycles. The van der Waals surface area contributed by atoms with Gasteiger partial charge in [-0.15, -0.1) is 0 Å². The van der Waals surface area contributed by atoms with E-state index in [-0.39, 0.29) is 17.9 Å². The maximum absolute atomic E-state index is 11.6. The molecule has 1 saturated carbocycles. The smallest absolute Gasteiger partial charge is 0.237 e. The molecule has 1 rings (SSSR count). The maximum Gasteiger partial charge on any atom is 0.237 e. The lowest BCUT2D eigenvalue weighted by Gasteiger charge is -2.21. The van der Waals surface area contributed by atoms with Gasteiger partial charge in [0.05, 0.1) is 6.04 Å². The van der Waals surface area contributed by atoms with E-state index in [0.29, 0.717) is 12.0 Å². The maximum atomic E-state index is 11.6. The Hall–Kier alpha value is -0.570. The molecule has 0 radical (unpaired) electrons. The highest BCUT2D eigenvalue weighted by atomic mass is 16.2. The molecule has 2 unspecified atom stereocenters. The van der Waals surface area contributed by atoms with E-state index >= 15 is 0 Å². The van der Waals surface area contributed by atoms with Crippen molar-refractivity contribution in [1.82, 2.24) is 5.32 Å². The third-order valence-electron chi connectivity index (χ3n) is 3.21. The summed E-state index contributed by atoms with van der Waals surface area (Å²) in [7, 11) is 0. The lowest BCUT2D eigenvalue weighted by Crippen LogP contribution is -2.48. The van der Waals surface area contributed by atoms with Crippen molar-refractivity contribution in [3.8, 4) is 0 Å². The van der Waals surface area contributed by atoms with Gasteiger partial charge in [0.2, 0.25) is 5.91 Å². The van der Waals surface area contributed by atoms with E-state index in [0.717, 1.165) is 6.42 Å². The van der Waals surface area contributed by atoms with E-state index < -0.39 is 0 Å². The number of amides is 1. The Bertz CT molecular complexity index is 203. The topological polar surface area (TPSA) is 55.1 Å². The van der Waals surface area contributed by atoms with Crippen molar-refractivity contribution in [3.63, 3.8) is 0 Å². The summed E-state index contributed by atoms with van der Waals surface area (Å²) >= 11 is 0. The number of nitrogens with one attached hydrogen (secondary N) is 1. The second kappa shape index (κ2) is 4.78. The Labute approximate surface area is 86.4 Å². The van der Waals surface area contributed by atoms with Crippen molar-refractivity contribution in [1.29, 1.82) is 0 Å². The van der Waals surface area contributed by atoms with Gasteiger partial charge < -0.3 is 11.1 Å². The molecule has 14 heavy (non-hydrogen) atoms. The standard InChI is InChI=1S/C11H22N2O/c1-7(2)10(12)11(14)13-9-6-4-5-8(9)3/h7-10H,4-6,12H2,1-3H3,(H,13,14)/t8?,9?,10-/m1/s1. The number of carbonyl (C=O) groups excluding carboxylic acids is 1. The molecule has 0 spiro atoms. The van der Waals surface area contributed by atoms with Crippen molar-refractivity contribution in [2.24, 2.45) is 17.6 Å². The van der Waals surface area contributed by atoms with E-state index in [4.69, 9.17) is 5.73 Å². The van der Waals surface area contributed by atoms with Crippen LogP contribution in [-0.2, 0) is 4.79 Å². The van der Waals surface area contributed by atoms with Crippen LogP contribution < -0.4 is 11.1 Å². The minimum absolute atomic E-state index is 0.0127. The third-order valence-corrected chi connectivity index (χ3v) is 3.21. The van der Waals surface area contributed by atoms with Gasteiger partial charge in [0, 0.05) is 6.04 Å². The molecule has 0 bridgehead atoms. The molecular formula is C11H22N2O. The molecule has 1 aliphatic carbocycles. The second-order valence-electron chi connectivity index (χ2n) is 4.79. The highest BCUT2D eigenvalue weighted by molar-refractivity contribution is 5.82. The summed E-state index contributed by atoms with van der Waals surface area (Å²) in [6.07, 6.45) is 3.56. The lowest BCUT2D eigenvalue weighted by atomic mass is 10.0. The zero-order valence-corrected chi connectivity index (χ0v) is 9.42. The van der Waals surface area contributed by atoms with Gasteiger partial charge in [-0.3, -0.25) is 4.79 Å². The predicted molar refractivity (Wildman–Crippen MR) is 57.8 cm³/mol. The van der Waals surface area contributed by atoms with Crippen LogP contribution in [0.15, 0.2) is 0 Å². The minimum Gasteiger partial charge on any atom is -0.352 e. The van der Waals surface area contributed by atoms with Crippen molar-refractivity contribution in [2.45, 2.75) is 52.1 Å². The molecule has 0 aromatic heterocycles. The quantitative estimate of drug-likeness (QED) is 0.717. The molecule has 3 heteroatoms. The van der Waals surface area contributed by atoms with Crippen LogP contribution in [0, 0.1) is 11.8 Å². The van der Waals surface area contributed by atoms with Crippen LogP contribution in [-0.4, -0.2) is 18.0 Å². The van der Waals surface area contributed by atoms with Gasteiger partial charge in [-0.1, -0.05) is 27.2 Å². The average molecular weight is 198 g/mol. The van der Waals surface area contributed by atoms with Crippen molar-refractivity contribution < 1.29 is 4.79 Å². The molecule has 0 heterocycles. The largest absolute Gasteiger partial charge is 0.352 e. The van der Waals surface area contributed by atoms with Gasteiger partial charge in [0.1, 0.15) is 0 Å². The molecule has 0 saturated heterocycles. The Morgan fingerprint density at radius 1 is 1.43 bits per heavy atom. The summed E-state index contributed by atoms with van der Waals surface area (Å²) in [5.41, 5.74) is 5.77. The summed E-state index contributed by atoms with van der Waals surface area (Å²) in [5, 5.41) is 3.05. The van der Waals surface area contributed by atoms with Crippen LogP contribution in [0.4, 0.5) is 0 Å². The summed E-state index contributed by atoms with van der Waals surface area (Å²) in [5.74, 6) is 0.837. The molecule has 1 amide bonds. The highest BCUT2D eigenvalue weighted by Gasteiger charge is 2.27. The molecule has 82 valence electrons. The molecule has 0 aromatic rings. The van der Waals surface area contributed by atoms with Crippen LogP contribution >= 0.6 is 0 Å². The first-order chi connectivity index (χ1) is 6.52. The predicted octanol–water partition coefficient (Wildman–Crippen LogP) is 1.27. The van der Waals surface area contributed by atoms with Gasteiger partial charge in [0.25, 0.3) is 0 Å². The highest BCUT2D eigenvalue weighted by Crippen LogP contribution is 2.24. The van der Waals surface area contributed by atoms with E-state index in [9.17, 15) is 4.79 Å². The number of hydrogen-bond acceptors (Lipinski definition) is 2. The Morgan fingerprint density at radius 2 is 2.07 bits per heavy atom. The SMILES string of the molecule is CC1CCCC1NC(=O)[C@H](N)C(C)C. The second-order valence-corrected chi connectivity index (χ2v) is 4.79. The zero-order chi connectivity index (χ0) is 10.7. The fourth-order valence-corrected chi connectivity index (χ4v) is 1.94. The fourth-order valence-electron chi connectivity index (χ4n) is 1.94. The molecule has 0 aromatic carbocycles. The molecular weight excluding hydrogens is 176 g/mol. The van der Waals surface area contributed by atoms with Gasteiger partial charge in [0.15, 0.2) is 0 Å². The first-order valence-electron chi connectivity index (χ1n) is 5.58. The first-order valence-corrected chi connectivity index (χ1v) is 5.58. The van der Waals surface area contributed by atoms with Gasteiger partial charge in [-0.25, -0.2) is 0 Å². The van der Waals surface area contributed by atoms with Crippen LogP contribution in [0.2, 0.25) is 0 Å². The van der Waals surface area contributed by atoms with Crippen molar-refractivity contribution in [2.75, 3.05) is 0 Å². The van der Waals surface area contributed by atoms with Crippen molar-refractivity contribution >= 4 is 5.91 Å². The van der Waals surface area contributed by atoms with Gasteiger partial charge >= 0.3 is 0 Å². The van der Waals surface area contributed by atoms with Crippen LogP contribution in [0.1, 0.15) is 40.0 Å². The number of carbonyl (C=O) groups is 1. The van der Waals surface area contributed by atoms with E-state index in [2.05, 4.69) is 12.2 Å². The monoisotopic (exact) mass is 198 g/mol. The van der Waals surface area contributed by atoms with Crippen LogP contribution in [0.5, 0.6) is 0 Å². The van der Waals surface area contributed by atoms with Crippen LogP contribution in [0.25, 0.3) is 0 Å². The summed E-state index contributed by atoms with van der Waals surface area (Å²) in [6.45, 7) is 6.14. The van der Waals surface area contributed by atoms with Crippen molar-refractivity contribution in [3.05, 3.63) is 0 Å². The van der Waals surface area contributed by atoms with E-state index in [1.165, 1.54) is 12.8 Å². The molecule has 1 fully saturated rings. The lowest BCUT2D eigenvalue weighted by molar-refractivity contribution is -0.124. The molecule has 3 N–H and O–H groups in total. The minimum atomic E-state index is -0.359. The first kappa shape index (κ1) is 11.5. The summed E-state index contributed by atoms with van der Waals surface area (Å²) < 4.78 is 0. The molecule has 3 atom stereocenters. The Balaban J connectivity index is 2.40. The zero-order valence-electron chi connectivity index (χ0n) is 9.42. The fraction of sp³-hybridized carbons (Fsp3) is 0.909. The normalized spacial score (nSPS) is 29.2. The van der Waals surface area contributed by atoms with E-state index in [1.54, 1.807) is 0 Å². The molecule has 1 aliphatic rings. The Kier molecular flexibility index (Phi) is 3.93. The van der Waals surface area contributed by atoms with Gasteiger partial charge in [-0.05, 0) is 24.7 Å². The Morgan fingerprint density at radius 3 is 2.50 bits per heavy atom. The number of nitrogens with two attached hydrogens (primary N) is 1. The van der Waals surface area contributed by atoms with E-state index in [1.807, 2.05) is 13.8 Å². The average Bonchev–Trinajstić information content (AvgIpc) is 2.50. The number of hydrogen-bond donors (Lipinski definition) is 2. The third kappa shape index (κ3) is 2.71. The summed E-state index contributed by atoms with van der Waals surface area (Å²) in [4.78, 5) is 11.6. The number of rotatable bonds is 3. The molecule has 3 nitrogen and oxygen atoms in total. The van der Waals surface area contributed by atoms with Gasteiger partial charge in [-0.2, -0.15) is 0 Å².